The summed E-state index contributed by atoms with van der Waals surface area (Å²) in [7, 11) is 1.70. The molecule has 0 saturated heterocycles. The van der Waals surface area contributed by atoms with Gasteiger partial charge in [0.2, 0.25) is 5.95 Å². The molecule has 2 N–H and O–H groups in total. The van der Waals surface area contributed by atoms with Crippen molar-refractivity contribution in [2.24, 2.45) is 7.05 Å². The molecule has 0 bridgehead atoms. The predicted molar refractivity (Wildman–Crippen MR) is 66.5 cm³/mol. The number of hydrogen-bond acceptors (Lipinski definition) is 4. The number of phenolic OH excluding ortho intramolecular Hbond substituents is 1. The van der Waals surface area contributed by atoms with E-state index in [1.807, 2.05) is 0 Å². The number of carbonyl (C=O) groups is 1. The maximum Gasteiger partial charge on any atom is 0.258 e. The fourth-order valence-electron chi connectivity index (χ4n) is 1.66. The monoisotopic (exact) mass is 246 g/mol. The van der Waals surface area contributed by atoms with E-state index < -0.39 is 0 Å². The zero-order valence-electron chi connectivity index (χ0n) is 10.4. The number of phenols is 1. The number of aromatic hydroxyl groups is 1. The molecule has 1 aromatic heterocycles. The summed E-state index contributed by atoms with van der Waals surface area (Å²) in [6.07, 6.45) is 0. The first-order valence-electron chi connectivity index (χ1n) is 5.46. The van der Waals surface area contributed by atoms with Gasteiger partial charge in [-0.3, -0.25) is 10.1 Å². The molecule has 0 aliphatic carbocycles. The third-order valence-electron chi connectivity index (χ3n) is 2.64. The number of hydrogen-bond donors (Lipinski definition) is 2. The van der Waals surface area contributed by atoms with Crippen LogP contribution in [0.5, 0.6) is 5.75 Å². The largest absolute Gasteiger partial charge is 0.508 e. The Hall–Kier alpha value is -2.37. The molecule has 0 aliphatic rings. The fourth-order valence-corrected chi connectivity index (χ4v) is 1.66. The lowest BCUT2D eigenvalue weighted by atomic mass is 10.1. The predicted octanol–water partition coefficient (Wildman–Crippen LogP) is 1.39. The Morgan fingerprint density at radius 2 is 2.11 bits per heavy atom. The maximum atomic E-state index is 12.0. The van der Waals surface area contributed by atoms with Gasteiger partial charge in [-0.05, 0) is 26.0 Å². The Kier molecular flexibility index (Phi) is 3.01. The molecule has 0 unspecified atom stereocenters. The minimum absolute atomic E-state index is 0.0943. The summed E-state index contributed by atoms with van der Waals surface area (Å²) in [6, 6.07) is 4.81. The van der Waals surface area contributed by atoms with Crippen LogP contribution in [0.3, 0.4) is 0 Å². The SMILES string of the molecule is Cc1nc(NC(=O)c2cccc(O)c2C)n(C)n1. The summed E-state index contributed by atoms with van der Waals surface area (Å²) in [5.74, 6) is 0.733. The van der Waals surface area contributed by atoms with Gasteiger partial charge in [-0.1, -0.05) is 6.07 Å². The smallest absolute Gasteiger partial charge is 0.258 e. The normalized spacial score (nSPS) is 10.4. The van der Waals surface area contributed by atoms with Crippen LogP contribution in [0.1, 0.15) is 21.7 Å². The number of aromatic nitrogens is 3. The number of benzene rings is 1. The van der Waals surface area contributed by atoms with Gasteiger partial charge in [0.25, 0.3) is 5.91 Å². The lowest BCUT2D eigenvalue weighted by molar-refractivity contribution is 0.102. The highest BCUT2D eigenvalue weighted by Gasteiger charge is 2.14. The molecule has 0 saturated carbocycles. The van der Waals surface area contributed by atoms with Crippen LogP contribution in [0.2, 0.25) is 0 Å². The molecule has 0 radical (unpaired) electrons. The molecule has 1 amide bonds. The zero-order valence-corrected chi connectivity index (χ0v) is 10.4. The van der Waals surface area contributed by atoms with Crippen LogP contribution >= 0.6 is 0 Å². The molecule has 0 atom stereocenters. The summed E-state index contributed by atoms with van der Waals surface area (Å²) in [6.45, 7) is 3.43. The highest BCUT2D eigenvalue weighted by Crippen LogP contribution is 2.20. The van der Waals surface area contributed by atoms with Crippen molar-refractivity contribution in [3.8, 4) is 5.75 Å². The Morgan fingerprint density at radius 1 is 1.39 bits per heavy atom. The number of rotatable bonds is 2. The van der Waals surface area contributed by atoms with Crippen molar-refractivity contribution >= 4 is 11.9 Å². The van der Waals surface area contributed by atoms with Crippen molar-refractivity contribution in [3.05, 3.63) is 35.2 Å². The van der Waals surface area contributed by atoms with Crippen LogP contribution in [0.25, 0.3) is 0 Å². The molecule has 2 rings (SSSR count). The molecule has 1 aromatic carbocycles. The minimum atomic E-state index is -0.320. The Balaban J connectivity index is 2.27. The van der Waals surface area contributed by atoms with Crippen molar-refractivity contribution in [2.45, 2.75) is 13.8 Å². The maximum absolute atomic E-state index is 12.0. The van der Waals surface area contributed by atoms with Crippen LogP contribution in [0.15, 0.2) is 18.2 Å². The molecule has 2 aromatic rings. The van der Waals surface area contributed by atoms with Gasteiger partial charge >= 0.3 is 0 Å². The van der Waals surface area contributed by atoms with Crippen LogP contribution in [-0.2, 0) is 7.05 Å². The Bertz CT molecular complexity index is 604. The molecule has 94 valence electrons. The molecule has 0 aliphatic heterocycles. The van der Waals surface area contributed by atoms with Gasteiger partial charge < -0.3 is 5.11 Å². The standard InChI is InChI=1S/C12H14N4O2/c1-7-9(5-4-6-10(7)17)11(18)14-12-13-8(2)15-16(12)3/h4-6,17H,1-3H3,(H,13,14,15,18). The number of nitrogens with zero attached hydrogens (tertiary/aromatic N) is 3. The summed E-state index contributed by atoms with van der Waals surface area (Å²) in [5, 5.41) is 16.3. The number of amides is 1. The van der Waals surface area contributed by atoms with E-state index in [-0.39, 0.29) is 11.7 Å². The van der Waals surface area contributed by atoms with Gasteiger partial charge in [0, 0.05) is 18.2 Å². The molecular formula is C12H14N4O2. The van der Waals surface area contributed by atoms with E-state index in [9.17, 15) is 9.90 Å². The van der Waals surface area contributed by atoms with Crippen molar-refractivity contribution in [1.82, 2.24) is 14.8 Å². The average molecular weight is 246 g/mol. The number of anilines is 1. The second-order valence-electron chi connectivity index (χ2n) is 4.01. The van der Waals surface area contributed by atoms with E-state index in [1.165, 1.54) is 4.68 Å². The van der Waals surface area contributed by atoms with Gasteiger partial charge in [-0.25, -0.2) is 4.68 Å². The first-order chi connectivity index (χ1) is 8.49. The zero-order chi connectivity index (χ0) is 13.3. The third kappa shape index (κ3) is 2.17. The van der Waals surface area contributed by atoms with E-state index in [0.717, 1.165) is 0 Å². The van der Waals surface area contributed by atoms with Crippen molar-refractivity contribution < 1.29 is 9.90 Å². The van der Waals surface area contributed by atoms with Crippen molar-refractivity contribution in [1.29, 1.82) is 0 Å². The number of nitrogens with one attached hydrogen (secondary N) is 1. The molecule has 18 heavy (non-hydrogen) atoms. The van der Waals surface area contributed by atoms with E-state index in [2.05, 4.69) is 15.4 Å². The summed E-state index contributed by atoms with van der Waals surface area (Å²) < 4.78 is 1.49. The number of carbonyl (C=O) groups excluding carboxylic acids is 1. The summed E-state index contributed by atoms with van der Waals surface area (Å²) >= 11 is 0. The van der Waals surface area contributed by atoms with Crippen LogP contribution in [0, 0.1) is 13.8 Å². The van der Waals surface area contributed by atoms with Crippen LogP contribution in [-0.4, -0.2) is 25.8 Å². The lowest BCUT2D eigenvalue weighted by Gasteiger charge is -2.07. The number of aryl methyl sites for hydroxylation is 2. The van der Waals surface area contributed by atoms with E-state index >= 15 is 0 Å². The van der Waals surface area contributed by atoms with E-state index in [4.69, 9.17) is 0 Å². The molecule has 6 heteroatoms. The topological polar surface area (TPSA) is 80.0 Å². The van der Waals surface area contributed by atoms with Crippen molar-refractivity contribution in [3.63, 3.8) is 0 Å². The van der Waals surface area contributed by atoms with Gasteiger partial charge in [0.1, 0.15) is 11.6 Å². The van der Waals surface area contributed by atoms with Crippen LogP contribution < -0.4 is 5.32 Å². The minimum Gasteiger partial charge on any atom is -0.508 e. The lowest BCUT2D eigenvalue weighted by Crippen LogP contribution is -2.16. The average Bonchev–Trinajstić information content (AvgIpc) is 2.61. The summed E-state index contributed by atoms with van der Waals surface area (Å²) in [5.41, 5.74) is 0.949. The van der Waals surface area contributed by atoms with Crippen LogP contribution in [0.4, 0.5) is 5.95 Å². The third-order valence-corrected chi connectivity index (χ3v) is 2.64. The van der Waals surface area contributed by atoms with Gasteiger partial charge in [0.15, 0.2) is 0 Å². The highest BCUT2D eigenvalue weighted by atomic mass is 16.3. The van der Waals surface area contributed by atoms with E-state index in [1.54, 1.807) is 39.1 Å². The Labute approximate surface area is 104 Å². The first-order valence-corrected chi connectivity index (χ1v) is 5.46. The van der Waals surface area contributed by atoms with Gasteiger partial charge in [0.05, 0.1) is 0 Å². The Morgan fingerprint density at radius 3 is 2.72 bits per heavy atom. The van der Waals surface area contributed by atoms with Gasteiger partial charge in [-0.2, -0.15) is 10.1 Å². The second-order valence-corrected chi connectivity index (χ2v) is 4.01. The van der Waals surface area contributed by atoms with Gasteiger partial charge in [-0.15, -0.1) is 0 Å². The first kappa shape index (κ1) is 12.1. The molecule has 0 spiro atoms. The van der Waals surface area contributed by atoms with Crippen molar-refractivity contribution in [2.75, 3.05) is 5.32 Å². The molecule has 6 nitrogen and oxygen atoms in total. The summed E-state index contributed by atoms with van der Waals surface area (Å²) in [4.78, 5) is 16.1. The fraction of sp³-hybridized carbons (Fsp3) is 0.250. The molecule has 0 fully saturated rings. The quantitative estimate of drug-likeness (QED) is 0.839. The molecule has 1 heterocycles. The highest BCUT2D eigenvalue weighted by molar-refractivity contribution is 6.04. The van der Waals surface area contributed by atoms with E-state index in [0.29, 0.717) is 22.9 Å². The molecular weight excluding hydrogens is 232 g/mol. The second kappa shape index (κ2) is 4.48.